The van der Waals surface area contributed by atoms with Crippen LogP contribution in [0.5, 0.6) is 0 Å². The molecule has 1 aromatic heterocycles. The molecular weight excluding hydrogens is 267 g/mol. The molecule has 1 amide bonds. The predicted molar refractivity (Wildman–Crippen MR) is 67.2 cm³/mol. The monoisotopic (exact) mass is 278 g/mol. The summed E-state index contributed by atoms with van der Waals surface area (Å²) in [6.45, 7) is 2.05. The average Bonchev–Trinajstić information content (AvgIpc) is 2.91. The largest absolute Gasteiger partial charge is 0.475 e. The Bertz CT molecular complexity index is 636. The minimum Gasteiger partial charge on any atom is -0.475 e. The van der Waals surface area contributed by atoms with Crippen LogP contribution in [-0.4, -0.2) is 28.7 Å². The third-order valence-electron chi connectivity index (χ3n) is 2.64. The van der Waals surface area contributed by atoms with Gasteiger partial charge in [0.1, 0.15) is 5.82 Å². The zero-order chi connectivity index (χ0) is 14.7. The Morgan fingerprint density at radius 1 is 1.35 bits per heavy atom. The molecule has 0 bridgehead atoms. The maximum atomic E-state index is 12.9. The van der Waals surface area contributed by atoms with E-state index in [1.165, 1.54) is 29.2 Å². The molecule has 0 aliphatic carbocycles. The predicted octanol–water partition coefficient (Wildman–Crippen LogP) is 2.18. The number of carbonyl (C=O) groups is 2. The van der Waals surface area contributed by atoms with Crippen molar-refractivity contribution >= 4 is 17.6 Å². The SMILES string of the molecule is CCN(C(=O)c1cc(C(=O)O)on1)c1ccc(F)cc1. The first-order valence-electron chi connectivity index (χ1n) is 5.80. The fraction of sp³-hybridized carbons (Fsp3) is 0.154. The van der Waals surface area contributed by atoms with Gasteiger partial charge in [-0.3, -0.25) is 4.79 Å². The molecule has 1 heterocycles. The number of carboxylic acids is 1. The van der Waals surface area contributed by atoms with Crippen LogP contribution in [0, 0.1) is 5.82 Å². The number of benzene rings is 1. The lowest BCUT2D eigenvalue weighted by atomic mass is 10.2. The van der Waals surface area contributed by atoms with E-state index >= 15 is 0 Å². The summed E-state index contributed by atoms with van der Waals surface area (Å²) in [6, 6.07) is 6.42. The van der Waals surface area contributed by atoms with E-state index < -0.39 is 23.5 Å². The molecule has 2 aromatic rings. The number of carboxylic acid groups (broad SMARTS) is 1. The van der Waals surface area contributed by atoms with Crippen molar-refractivity contribution in [2.24, 2.45) is 0 Å². The Hall–Kier alpha value is -2.70. The molecule has 1 aromatic carbocycles. The van der Waals surface area contributed by atoms with E-state index in [4.69, 9.17) is 5.11 Å². The van der Waals surface area contributed by atoms with E-state index in [2.05, 4.69) is 9.68 Å². The molecule has 0 radical (unpaired) electrons. The summed E-state index contributed by atoms with van der Waals surface area (Å²) in [5.41, 5.74) is 0.368. The molecule has 6 nitrogen and oxygen atoms in total. The van der Waals surface area contributed by atoms with Gasteiger partial charge in [-0.05, 0) is 31.2 Å². The molecule has 2 rings (SSSR count). The van der Waals surface area contributed by atoms with Crippen molar-refractivity contribution in [2.45, 2.75) is 6.92 Å². The summed E-state index contributed by atoms with van der Waals surface area (Å²) in [7, 11) is 0. The van der Waals surface area contributed by atoms with Gasteiger partial charge < -0.3 is 14.5 Å². The summed E-state index contributed by atoms with van der Waals surface area (Å²) in [4.78, 5) is 24.2. The zero-order valence-corrected chi connectivity index (χ0v) is 10.5. The number of rotatable bonds is 4. The number of hydrogen-bond acceptors (Lipinski definition) is 4. The minimum atomic E-state index is -1.30. The van der Waals surface area contributed by atoms with E-state index in [1.54, 1.807) is 6.92 Å². The van der Waals surface area contributed by atoms with Crippen molar-refractivity contribution in [3.05, 3.63) is 47.6 Å². The highest BCUT2D eigenvalue weighted by Gasteiger charge is 2.22. The standard InChI is InChI=1S/C13H11FN2O4/c1-2-16(9-5-3-8(14)4-6-9)12(17)10-7-11(13(18)19)20-15-10/h3-7H,2H2,1H3,(H,18,19). The van der Waals surface area contributed by atoms with Gasteiger partial charge in [0.2, 0.25) is 5.76 Å². The fourth-order valence-electron chi connectivity index (χ4n) is 1.68. The Morgan fingerprint density at radius 2 is 2.00 bits per heavy atom. The molecule has 7 heteroatoms. The van der Waals surface area contributed by atoms with Gasteiger partial charge in [-0.15, -0.1) is 0 Å². The number of halogens is 1. The number of anilines is 1. The number of amides is 1. The van der Waals surface area contributed by atoms with E-state index in [0.717, 1.165) is 6.07 Å². The summed E-state index contributed by atoms with van der Waals surface area (Å²) >= 11 is 0. The lowest BCUT2D eigenvalue weighted by Gasteiger charge is -2.19. The van der Waals surface area contributed by atoms with Crippen LogP contribution in [0.15, 0.2) is 34.9 Å². The molecule has 0 aliphatic heterocycles. The van der Waals surface area contributed by atoms with Gasteiger partial charge in [0, 0.05) is 18.3 Å². The summed E-state index contributed by atoms with van der Waals surface area (Å²) in [5, 5.41) is 12.2. The Morgan fingerprint density at radius 3 is 2.50 bits per heavy atom. The Balaban J connectivity index is 2.28. The van der Waals surface area contributed by atoms with Crippen molar-refractivity contribution in [3.8, 4) is 0 Å². The smallest absolute Gasteiger partial charge is 0.374 e. The van der Waals surface area contributed by atoms with Gasteiger partial charge in [0.25, 0.3) is 5.91 Å². The van der Waals surface area contributed by atoms with Crippen molar-refractivity contribution in [1.82, 2.24) is 5.16 Å². The van der Waals surface area contributed by atoms with Crippen molar-refractivity contribution in [1.29, 1.82) is 0 Å². The molecule has 0 saturated carbocycles. The second-order valence-corrected chi connectivity index (χ2v) is 3.91. The highest BCUT2D eigenvalue weighted by Crippen LogP contribution is 2.17. The van der Waals surface area contributed by atoms with Crippen molar-refractivity contribution in [2.75, 3.05) is 11.4 Å². The summed E-state index contributed by atoms with van der Waals surface area (Å²) in [5.74, 6) is -2.65. The molecule has 104 valence electrons. The summed E-state index contributed by atoms with van der Waals surface area (Å²) < 4.78 is 17.4. The van der Waals surface area contributed by atoms with Gasteiger partial charge in [-0.1, -0.05) is 5.16 Å². The molecule has 0 spiro atoms. The van der Waals surface area contributed by atoms with Gasteiger partial charge in [0.05, 0.1) is 0 Å². The lowest BCUT2D eigenvalue weighted by Crippen LogP contribution is -2.30. The minimum absolute atomic E-state index is 0.117. The maximum Gasteiger partial charge on any atom is 0.374 e. The second-order valence-electron chi connectivity index (χ2n) is 3.91. The third kappa shape index (κ3) is 2.66. The highest BCUT2D eigenvalue weighted by atomic mass is 19.1. The van der Waals surface area contributed by atoms with Crippen LogP contribution in [0.25, 0.3) is 0 Å². The van der Waals surface area contributed by atoms with Crippen molar-refractivity contribution < 1.29 is 23.6 Å². The van der Waals surface area contributed by atoms with Gasteiger partial charge in [0.15, 0.2) is 5.69 Å². The second kappa shape index (κ2) is 5.52. The first-order chi connectivity index (χ1) is 9.52. The normalized spacial score (nSPS) is 10.3. The fourth-order valence-corrected chi connectivity index (χ4v) is 1.68. The van der Waals surface area contributed by atoms with E-state index in [1.807, 2.05) is 0 Å². The lowest BCUT2D eigenvalue weighted by molar-refractivity contribution is 0.0651. The molecule has 0 fully saturated rings. The Kier molecular flexibility index (Phi) is 3.79. The van der Waals surface area contributed by atoms with Gasteiger partial charge in [-0.2, -0.15) is 0 Å². The molecule has 0 atom stereocenters. The van der Waals surface area contributed by atoms with Crippen LogP contribution in [0.4, 0.5) is 10.1 Å². The summed E-state index contributed by atoms with van der Waals surface area (Å²) in [6.07, 6.45) is 0. The molecule has 1 N–H and O–H groups in total. The molecular formula is C13H11FN2O4. The Labute approximate surface area is 113 Å². The van der Waals surface area contributed by atoms with E-state index in [9.17, 15) is 14.0 Å². The van der Waals surface area contributed by atoms with Crippen LogP contribution >= 0.6 is 0 Å². The first-order valence-corrected chi connectivity index (χ1v) is 5.80. The number of nitrogens with zero attached hydrogens (tertiary/aromatic N) is 2. The highest BCUT2D eigenvalue weighted by molar-refractivity contribution is 6.05. The van der Waals surface area contributed by atoms with Gasteiger partial charge in [-0.25, -0.2) is 9.18 Å². The third-order valence-corrected chi connectivity index (χ3v) is 2.64. The number of aromatic nitrogens is 1. The molecule has 0 unspecified atom stereocenters. The average molecular weight is 278 g/mol. The molecule has 0 aliphatic rings. The molecule has 20 heavy (non-hydrogen) atoms. The zero-order valence-electron chi connectivity index (χ0n) is 10.5. The number of aromatic carboxylic acids is 1. The van der Waals surface area contributed by atoms with Crippen LogP contribution < -0.4 is 4.90 Å². The maximum absolute atomic E-state index is 12.9. The quantitative estimate of drug-likeness (QED) is 0.926. The topological polar surface area (TPSA) is 83.6 Å². The van der Waals surface area contributed by atoms with Crippen LogP contribution in [0.1, 0.15) is 28.0 Å². The first kappa shape index (κ1) is 13.7. The van der Waals surface area contributed by atoms with Crippen molar-refractivity contribution in [3.63, 3.8) is 0 Å². The van der Waals surface area contributed by atoms with E-state index in [-0.39, 0.29) is 5.69 Å². The number of carbonyl (C=O) groups excluding carboxylic acids is 1. The van der Waals surface area contributed by atoms with Crippen LogP contribution in [0.2, 0.25) is 0 Å². The number of hydrogen-bond donors (Lipinski definition) is 1. The molecule has 0 saturated heterocycles. The van der Waals surface area contributed by atoms with Crippen LogP contribution in [-0.2, 0) is 0 Å². The van der Waals surface area contributed by atoms with Gasteiger partial charge >= 0.3 is 5.97 Å². The van der Waals surface area contributed by atoms with E-state index in [0.29, 0.717) is 12.2 Å². The van der Waals surface area contributed by atoms with Crippen LogP contribution in [0.3, 0.4) is 0 Å².